The van der Waals surface area contributed by atoms with E-state index in [0.29, 0.717) is 24.7 Å². The molecule has 1 heterocycles. The summed E-state index contributed by atoms with van der Waals surface area (Å²) in [5.41, 5.74) is 0.106. The molecule has 0 atom stereocenters. The van der Waals surface area contributed by atoms with Gasteiger partial charge in [-0.3, -0.25) is 9.59 Å². The van der Waals surface area contributed by atoms with Crippen LogP contribution < -0.4 is 5.56 Å². The summed E-state index contributed by atoms with van der Waals surface area (Å²) in [6, 6.07) is 4.65. The van der Waals surface area contributed by atoms with Crippen LogP contribution in [-0.4, -0.2) is 54.4 Å². The van der Waals surface area contributed by atoms with Crippen LogP contribution in [0.25, 0.3) is 0 Å². The number of nitrogens with one attached hydrogen (secondary N) is 1. The Hall–Kier alpha value is -1.62. The topological polar surface area (TPSA) is 56.4 Å². The molecule has 1 aromatic rings. The molecule has 0 aromatic carbocycles. The Labute approximate surface area is 114 Å². The first-order valence-electron chi connectivity index (χ1n) is 6.53. The molecule has 1 aromatic heterocycles. The molecular formula is C14H23N3O2. The maximum Gasteiger partial charge on any atom is 0.270 e. The Bertz CT molecular complexity index is 466. The van der Waals surface area contributed by atoms with E-state index >= 15 is 0 Å². The van der Waals surface area contributed by atoms with Gasteiger partial charge in [-0.05, 0) is 26.1 Å². The van der Waals surface area contributed by atoms with E-state index in [1.165, 1.54) is 6.07 Å². The van der Waals surface area contributed by atoms with Gasteiger partial charge in [-0.2, -0.15) is 0 Å². The van der Waals surface area contributed by atoms with Crippen molar-refractivity contribution in [3.8, 4) is 0 Å². The number of hydrogen-bond acceptors (Lipinski definition) is 3. The Morgan fingerprint density at radius 1 is 1.26 bits per heavy atom. The minimum atomic E-state index is -0.247. The largest absolute Gasteiger partial charge is 0.336 e. The van der Waals surface area contributed by atoms with Crippen molar-refractivity contribution in [2.24, 2.45) is 5.92 Å². The second-order valence-corrected chi connectivity index (χ2v) is 5.38. The zero-order chi connectivity index (χ0) is 14.4. The summed E-state index contributed by atoms with van der Waals surface area (Å²) >= 11 is 0. The molecule has 5 nitrogen and oxygen atoms in total. The average Bonchev–Trinajstić information content (AvgIpc) is 2.33. The van der Waals surface area contributed by atoms with Gasteiger partial charge < -0.3 is 14.8 Å². The molecule has 0 aliphatic heterocycles. The molecule has 0 radical (unpaired) electrons. The zero-order valence-corrected chi connectivity index (χ0v) is 12.1. The Balaban J connectivity index is 2.84. The van der Waals surface area contributed by atoms with Crippen LogP contribution >= 0.6 is 0 Å². The molecule has 0 unspecified atom stereocenters. The van der Waals surface area contributed by atoms with E-state index in [1.54, 1.807) is 17.0 Å². The van der Waals surface area contributed by atoms with E-state index < -0.39 is 0 Å². The molecular weight excluding hydrogens is 242 g/mol. The van der Waals surface area contributed by atoms with Crippen molar-refractivity contribution < 1.29 is 4.79 Å². The fourth-order valence-corrected chi connectivity index (χ4v) is 1.78. The molecule has 0 spiro atoms. The molecule has 0 bridgehead atoms. The quantitative estimate of drug-likeness (QED) is 0.836. The highest BCUT2D eigenvalue weighted by molar-refractivity contribution is 5.92. The van der Waals surface area contributed by atoms with Crippen molar-refractivity contribution in [3.05, 3.63) is 34.2 Å². The summed E-state index contributed by atoms with van der Waals surface area (Å²) < 4.78 is 0. The van der Waals surface area contributed by atoms with Gasteiger partial charge in [0.15, 0.2) is 0 Å². The van der Waals surface area contributed by atoms with E-state index in [2.05, 4.69) is 18.8 Å². The first kappa shape index (κ1) is 15.4. The molecule has 0 fully saturated rings. The van der Waals surface area contributed by atoms with Crippen LogP contribution in [0.15, 0.2) is 23.0 Å². The van der Waals surface area contributed by atoms with Crippen molar-refractivity contribution in [2.75, 3.05) is 33.7 Å². The second-order valence-electron chi connectivity index (χ2n) is 5.38. The summed E-state index contributed by atoms with van der Waals surface area (Å²) in [7, 11) is 3.95. The number of rotatable bonds is 6. The van der Waals surface area contributed by atoms with E-state index in [-0.39, 0.29) is 11.5 Å². The van der Waals surface area contributed by atoms with Crippen molar-refractivity contribution in [2.45, 2.75) is 13.8 Å². The SMILES string of the molecule is CC(C)CN(CCN(C)C)C(=O)c1cccc(=O)[nH]1. The second kappa shape index (κ2) is 7.09. The molecule has 19 heavy (non-hydrogen) atoms. The molecule has 106 valence electrons. The molecule has 0 saturated carbocycles. The van der Waals surface area contributed by atoms with Crippen molar-refractivity contribution >= 4 is 5.91 Å². The van der Waals surface area contributed by atoms with Crippen LogP contribution in [0.3, 0.4) is 0 Å². The number of aromatic amines is 1. The fraction of sp³-hybridized carbons (Fsp3) is 0.571. The van der Waals surface area contributed by atoms with E-state index in [1.807, 2.05) is 19.0 Å². The third-order valence-electron chi connectivity index (χ3n) is 2.69. The minimum absolute atomic E-state index is 0.117. The van der Waals surface area contributed by atoms with Gasteiger partial charge in [0.2, 0.25) is 5.56 Å². The normalized spacial score (nSPS) is 11.1. The third kappa shape index (κ3) is 5.26. The number of pyridine rings is 1. The van der Waals surface area contributed by atoms with Gasteiger partial charge in [0, 0.05) is 25.7 Å². The van der Waals surface area contributed by atoms with Crippen LogP contribution in [0.1, 0.15) is 24.3 Å². The maximum atomic E-state index is 12.4. The summed E-state index contributed by atoms with van der Waals surface area (Å²) in [5.74, 6) is 0.273. The maximum absolute atomic E-state index is 12.4. The molecule has 0 aliphatic rings. The molecule has 1 rings (SSSR count). The van der Waals surface area contributed by atoms with Gasteiger partial charge >= 0.3 is 0 Å². The molecule has 0 saturated heterocycles. The third-order valence-corrected chi connectivity index (χ3v) is 2.69. The number of amides is 1. The van der Waals surface area contributed by atoms with Crippen molar-refractivity contribution in [1.29, 1.82) is 0 Å². The van der Waals surface area contributed by atoms with Gasteiger partial charge in [-0.1, -0.05) is 19.9 Å². The standard InChI is InChI=1S/C14H23N3O2/c1-11(2)10-17(9-8-16(3)4)14(19)12-6-5-7-13(18)15-12/h5-7,11H,8-10H2,1-4H3,(H,15,18). The lowest BCUT2D eigenvalue weighted by molar-refractivity contribution is 0.0718. The average molecular weight is 265 g/mol. The van der Waals surface area contributed by atoms with Gasteiger partial charge in [-0.15, -0.1) is 0 Å². The van der Waals surface area contributed by atoms with Crippen molar-refractivity contribution in [3.63, 3.8) is 0 Å². The number of H-pyrrole nitrogens is 1. The van der Waals surface area contributed by atoms with Crippen LogP contribution in [0.2, 0.25) is 0 Å². The van der Waals surface area contributed by atoms with Gasteiger partial charge in [-0.25, -0.2) is 0 Å². The fourth-order valence-electron chi connectivity index (χ4n) is 1.78. The first-order valence-corrected chi connectivity index (χ1v) is 6.53. The highest BCUT2D eigenvalue weighted by atomic mass is 16.2. The van der Waals surface area contributed by atoms with Gasteiger partial charge in [0.05, 0.1) is 0 Å². The summed E-state index contributed by atoms with van der Waals surface area (Å²) in [6.45, 7) is 6.29. The van der Waals surface area contributed by atoms with E-state index in [9.17, 15) is 9.59 Å². The van der Waals surface area contributed by atoms with Crippen LogP contribution in [0.5, 0.6) is 0 Å². The Morgan fingerprint density at radius 2 is 1.95 bits per heavy atom. The zero-order valence-electron chi connectivity index (χ0n) is 12.1. The smallest absolute Gasteiger partial charge is 0.270 e. The van der Waals surface area contributed by atoms with Crippen LogP contribution in [-0.2, 0) is 0 Å². The summed E-state index contributed by atoms with van der Waals surface area (Å²) in [5, 5.41) is 0. The lowest BCUT2D eigenvalue weighted by Gasteiger charge is -2.26. The number of nitrogens with zero attached hydrogens (tertiary/aromatic N) is 2. The highest BCUT2D eigenvalue weighted by Crippen LogP contribution is 2.04. The van der Waals surface area contributed by atoms with E-state index in [4.69, 9.17) is 0 Å². The summed E-state index contributed by atoms with van der Waals surface area (Å²) in [6.07, 6.45) is 0. The van der Waals surface area contributed by atoms with Crippen LogP contribution in [0, 0.1) is 5.92 Å². The molecule has 1 N–H and O–H groups in total. The lowest BCUT2D eigenvalue weighted by Crippen LogP contribution is -2.39. The van der Waals surface area contributed by atoms with E-state index in [0.717, 1.165) is 6.54 Å². The Kier molecular flexibility index (Phi) is 5.76. The first-order chi connectivity index (χ1) is 8.90. The number of carbonyl (C=O) groups excluding carboxylic acids is 1. The number of carbonyl (C=O) groups is 1. The monoisotopic (exact) mass is 265 g/mol. The number of hydrogen-bond donors (Lipinski definition) is 1. The predicted molar refractivity (Wildman–Crippen MR) is 76.4 cm³/mol. The van der Waals surface area contributed by atoms with Crippen LogP contribution in [0.4, 0.5) is 0 Å². The molecule has 5 heteroatoms. The highest BCUT2D eigenvalue weighted by Gasteiger charge is 2.17. The minimum Gasteiger partial charge on any atom is -0.336 e. The number of likely N-dealkylation sites (N-methyl/N-ethyl adjacent to an activating group) is 1. The van der Waals surface area contributed by atoms with Crippen molar-refractivity contribution in [1.82, 2.24) is 14.8 Å². The predicted octanol–water partition coefficient (Wildman–Crippen LogP) is 1.03. The molecule has 0 aliphatic carbocycles. The number of aromatic nitrogens is 1. The van der Waals surface area contributed by atoms with Gasteiger partial charge in [0.25, 0.3) is 5.91 Å². The van der Waals surface area contributed by atoms with Gasteiger partial charge in [0.1, 0.15) is 5.69 Å². The lowest BCUT2D eigenvalue weighted by atomic mass is 10.2. The molecule has 1 amide bonds. The Morgan fingerprint density at radius 3 is 2.47 bits per heavy atom. The summed E-state index contributed by atoms with van der Waals surface area (Å²) in [4.78, 5) is 30.1.